The van der Waals surface area contributed by atoms with Crippen LogP contribution in [0, 0.1) is 0 Å². The summed E-state index contributed by atoms with van der Waals surface area (Å²) in [6.07, 6.45) is 0. The number of amides is 1. The van der Waals surface area contributed by atoms with Crippen molar-refractivity contribution in [1.29, 1.82) is 0 Å². The van der Waals surface area contributed by atoms with E-state index in [0.717, 1.165) is 5.56 Å². The zero-order chi connectivity index (χ0) is 17.2. The number of carbonyl (C=O) groups is 1. The first-order chi connectivity index (χ1) is 12.2. The maximum Gasteiger partial charge on any atom is 0.316 e. The number of benzene rings is 2. The molecule has 0 unspecified atom stereocenters. The highest BCUT2D eigenvalue weighted by atomic mass is 16.7. The van der Waals surface area contributed by atoms with Crippen molar-refractivity contribution in [2.45, 2.75) is 13.0 Å². The van der Waals surface area contributed by atoms with Crippen molar-refractivity contribution >= 4 is 5.91 Å². The van der Waals surface area contributed by atoms with Crippen LogP contribution in [0.5, 0.6) is 11.5 Å². The van der Waals surface area contributed by atoms with E-state index in [9.17, 15) is 4.79 Å². The van der Waals surface area contributed by atoms with Gasteiger partial charge in [0.1, 0.15) is 0 Å². The third-order valence-corrected chi connectivity index (χ3v) is 3.90. The minimum atomic E-state index is -0.421. The van der Waals surface area contributed by atoms with Crippen molar-refractivity contribution < 1.29 is 18.8 Å². The molecule has 126 valence electrons. The molecular formula is C18H15N3O4. The molecule has 1 amide bonds. The average molecular weight is 337 g/mol. The minimum absolute atomic E-state index is 0.0875. The molecular weight excluding hydrogens is 322 g/mol. The molecule has 7 heteroatoms. The molecule has 0 fully saturated rings. The van der Waals surface area contributed by atoms with E-state index in [2.05, 4.69) is 15.5 Å². The molecule has 25 heavy (non-hydrogen) atoms. The molecule has 0 saturated heterocycles. The van der Waals surface area contributed by atoms with Gasteiger partial charge in [-0.1, -0.05) is 35.5 Å². The number of nitrogens with zero attached hydrogens (tertiary/aromatic N) is 2. The van der Waals surface area contributed by atoms with Gasteiger partial charge in [0.2, 0.25) is 12.6 Å². The zero-order valence-corrected chi connectivity index (χ0v) is 13.4. The summed E-state index contributed by atoms with van der Waals surface area (Å²) in [6, 6.07) is 14.8. The average Bonchev–Trinajstić information content (AvgIpc) is 3.31. The lowest BCUT2D eigenvalue weighted by Gasteiger charge is -2.12. The molecule has 2 aromatic carbocycles. The van der Waals surface area contributed by atoms with Crippen molar-refractivity contribution in [3.63, 3.8) is 0 Å². The van der Waals surface area contributed by atoms with Crippen LogP contribution in [0.2, 0.25) is 0 Å². The van der Waals surface area contributed by atoms with Gasteiger partial charge >= 0.3 is 11.8 Å². The van der Waals surface area contributed by atoms with Gasteiger partial charge in [-0.05, 0) is 30.7 Å². The Bertz CT molecular complexity index is 908. The van der Waals surface area contributed by atoms with Crippen molar-refractivity contribution in [2.75, 3.05) is 6.79 Å². The number of rotatable bonds is 4. The quantitative estimate of drug-likeness (QED) is 0.788. The molecule has 0 radical (unpaired) electrons. The van der Waals surface area contributed by atoms with Crippen LogP contribution in [-0.4, -0.2) is 22.8 Å². The Hall–Kier alpha value is -3.35. The second kappa shape index (κ2) is 6.27. The summed E-state index contributed by atoms with van der Waals surface area (Å²) in [5, 5.41) is 6.71. The minimum Gasteiger partial charge on any atom is -0.454 e. The Morgan fingerprint density at radius 3 is 2.76 bits per heavy atom. The van der Waals surface area contributed by atoms with Gasteiger partial charge in [-0.25, -0.2) is 0 Å². The van der Waals surface area contributed by atoms with Gasteiger partial charge in [0.25, 0.3) is 0 Å². The van der Waals surface area contributed by atoms with Crippen LogP contribution in [0.3, 0.4) is 0 Å². The summed E-state index contributed by atoms with van der Waals surface area (Å²) in [5.74, 6) is 1.09. The van der Waals surface area contributed by atoms with Gasteiger partial charge in [-0.3, -0.25) is 4.79 Å². The summed E-state index contributed by atoms with van der Waals surface area (Å²) in [6.45, 7) is 2.08. The molecule has 0 spiro atoms. The Balaban J connectivity index is 1.50. The molecule has 0 bridgehead atoms. The molecule has 1 N–H and O–H groups in total. The molecule has 4 rings (SSSR count). The van der Waals surface area contributed by atoms with Crippen LogP contribution in [0.25, 0.3) is 11.4 Å². The molecule has 1 atom stereocenters. The third kappa shape index (κ3) is 3.03. The second-order valence-electron chi connectivity index (χ2n) is 5.60. The lowest BCUT2D eigenvalue weighted by Crippen LogP contribution is -2.26. The SMILES string of the molecule is C[C@H](NC(=O)c1nc(-c2ccc3c(c2)OCO3)no1)c1ccccc1. The molecule has 1 aliphatic heterocycles. The normalized spacial score (nSPS) is 13.5. The van der Waals surface area contributed by atoms with E-state index in [0.29, 0.717) is 22.9 Å². The monoisotopic (exact) mass is 337 g/mol. The van der Waals surface area contributed by atoms with Gasteiger partial charge in [0.05, 0.1) is 6.04 Å². The molecule has 2 heterocycles. The molecule has 1 aliphatic rings. The predicted molar refractivity (Wildman–Crippen MR) is 88.2 cm³/mol. The van der Waals surface area contributed by atoms with Crippen LogP contribution >= 0.6 is 0 Å². The maximum atomic E-state index is 12.3. The molecule has 0 aliphatic carbocycles. The first-order valence-corrected chi connectivity index (χ1v) is 7.80. The lowest BCUT2D eigenvalue weighted by molar-refractivity contribution is 0.0895. The summed E-state index contributed by atoms with van der Waals surface area (Å²) < 4.78 is 15.7. The van der Waals surface area contributed by atoms with Crippen LogP contribution in [-0.2, 0) is 0 Å². The first kappa shape index (κ1) is 15.2. The van der Waals surface area contributed by atoms with Crippen molar-refractivity contribution in [3.05, 3.63) is 60.0 Å². The van der Waals surface area contributed by atoms with E-state index in [1.54, 1.807) is 18.2 Å². The summed E-state index contributed by atoms with van der Waals surface area (Å²) in [7, 11) is 0. The lowest BCUT2D eigenvalue weighted by atomic mass is 10.1. The highest BCUT2D eigenvalue weighted by molar-refractivity contribution is 5.90. The van der Waals surface area contributed by atoms with Gasteiger partial charge < -0.3 is 19.3 Å². The predicted octanol–water partition coefficient (Wildman–Crippen LogP) is 2.96. The van der Waals surface area contributed by atoms with Gasteiger partial charge in [-0.15, -0.1) is 0 Å². The number of aromatic nitrogens is 2. The molecule has 0 saturated carbocycles. The Morgan fingerprint density at radius 2 is 1.92 bits per heavy atom. The maximum absolute atomic E-state index is 12.3. The van der Waals surface area contributed by atoms with E-state index >= 15 is 0 Å². The Morgan fingerprint density at radius 1 is 1.12 bits per heavy atom. The highest BCUT2D eigenvalue weighted by Gasteiger charge is 2.20. The van der Waals surface area contributed by atoms with Crippen LogP contribution in [0.1, 0.15) is 29.2 Å². The van der Waals surface area contributed by atoms with Crippen LogP contribution in [0.4, 0.5) is 0 Å². The summed E-state index contributed by atoms with van der Waals surface area (Å²) >= 11 is 0. The number of hydrogen-bond donors (Lipinski definition) is 1. The smallest absolute Gasteiger partial charge is 0.316 e. The Labute approximate surface area is 143 Å². The highest BCUT2D eigenvalue weighted by Crippen LogP contribution is 2.35. The van der Waals surface area contributed by atoms with E-state index < -0.39 is 5.91 Å². The largest absolute Gasteiger partial charge is 0.454 e. The van der Waals surface area contributed by atoms with E-state index in [-0.39, 0.29) is 18.7 Å². The van der Waals surface area contributed by atoms with Crippen LogP contribution < -0.4 is 14.8 Å². The van der Waals surface area contributed by atoms with E-state index in [4.69, 9.17) is 14.0 Å². The first-order valence-electron chi connectivity index (χ1n) is 7.80. The number of nitrogens with one attached hydrogen (secondary N) is 1. The van der Waals surface area contributed by atoms with Gasteiger partial charge in [-0.2, -0.15) is 4.98 Å². The summed E-state index contributed by atoms with van der Waals surface area (Å²) in [4.78, 5) is 16.5. The fourth-order valence-electron chi connectivity index (χ4n) is 2.55. The zero-order valence-electron chi connectivity index (χ0n) is 13.4. The molecule has 3 aromatic rings. The number of carbonyl (C=O) groups excluding carboxylic acids is 1. The molecule has 7 nitrogen and oxygen atoms in total. The standard InChI is InChI=1S/C18H15N3O4/c1-11(12-5-3-2-4-6-12)19-17(22)18-20-16(21-25-18)13-7-8-14-15(9-13)24-10-23-14/h2-9,11H,10H2,1H3,(H,19,22)/t11-/m0/s1. The second-order valence-corrected chi connectivity index (χ2v) is 5.60. The van der Waals surface area contributed by atoms with Gasteiger partial charge in [0, 0.05) is 5.56 Å². The van der Waals surface area contributed by atoms with E-state index in [1.165, 1.54) is 0 Å². The fourth-order valence-corrected chi connectivity index (χ4v) is 2.55. The van der Waals surface area contributed by atoms with Crippen molar-refractivity contribution in [1.82, 2.24) is 15.5 Å². The fraction of sp³-hybridized carbons (Fsp3) is 0.167. The van der Waals surface area contributed by atoms with Crippen molar-refractivity contribution in [3.8, 4) is 22.9 Å². The summed E-state index contributed by atoms with van der Waals surface area (Å²) in [5.41, 5.74) is 1.68. The Kier molecular flexibility index (Phi) is 3.81. The van der Waals surface area contributed by atoms with E-state index in [1.807, 2.05) is 37.3 Å². The number of fused-ring (bicyclic) bond motifs is 1. The number of hydrogen-bond acceptors (Lipinski definition) is 6. The molecule has 1 aromatic heterocycles. The van der Waals surface area contributed by atoms with Crippen LogP contribution in [0.15, 0.2) is 53.1 Å². The number of ether oxygens (including phenoxy) is 2. The third-order valence-electron chi connectivity index (χ3n) is 3.90. The van der Waals surface area contributed by atoms with Crippen molar-refractivity contribution in [2.24, 2.45) is 0 Å². The topological polar surface area (TPSA) is 86.5 Å². The van der Waals surface area contributed by atoms with Gasteiger partial charge in [0.15, 0.2) is 11.5 Å².